The van der Waals surface area contributed by atoms with Gasteiger partial charge in [-0.25, -0.2) is 4.79 Å². The van der Waals surface area contributed by atoms with E-state index in [9.17, 15) is 14.4 Å². The average molecular weight is 549 g/mol. The molecule has 35 heavy (non-hydrogen) atoms. The zero-order valence-electron chi connectivity index (χ0n) is 19.2. The number of nitrogens with zero attached hydrogens (tertiary/aromatic N) is 2. The molecule has 0 unspecified atom stereocenters. The van der Waals surface area contributed by atoms with Crippen LogP contribution in [-0.2, 0) is 4.74 Å². The Morgan fingerprint density at radius 3 is 2.69 bits per heavy atom. The van der Waals surface area contributed by atoms with Gasteiger partial charge >= 0.3 is 6.09 Å². The molecular formula is C23H25BrN4O7. The first-order valence-corrected chi connectivity index (χ1v) is 11.9. The molecule has 0 atom stereocenters. The standard InChI is InChI=1S/C23H25BrN4O7/c1-12(2)11-32-23(31)28-7-5-14(6-8-28)33-18-10-17(35-27-18)22(30)26-19-15-9-13(24)3-4-16(15)34-20(19)21(25)29/h3-4,9-10,12,14H,5-8,11H2,1-2H3,(H2,25,29)(H,26,30). The number of amides is 3. The van der Waals surface area contributed by atoms with Gasteiger partial charge in [-0.05, 0) is 29.3 Å². The molecule has 4 rings (SSSR count). The molecule has 3 heterocycles. The Balaban J connectivity index is 1.37. The van der Waals surface area contributed by atoms with Gasteiger partial charge in [-0.15, -0.1) is 0 Å². The first kappa shape index (κ1) is 24.6. The summed E-state index contributed by atoms with van der Waals surface area (Å²) in [6.07, 6.45) is 0.653. The van der Waals surface area contributed by atoms with Crippen molar-refractivity contribution >= 4 is 50.5 Å². The molecule has 186 valence electrons. The number of rotatable bonds is 7. The first-order chi connectivity index (χ1) is 16.7. The van der Waals surface area contributed by atoms with Crippen LogP contribution in [0.5, 0.6) is 5.88 Å². The number of anilines is 1. The molecule has 12 heteroatoms. The molecule has 3 aromatic rings. The van der Waals surface area contributed by atoms with Crippen LogP contribution in [0, 0.1) is 5.92 Å². The van der Waals surface area contributed by atoms with Gasteiger partial charge in [0.15, 0.2) is 0 Å². The number of carbonyl (C=O) groups excluding carboxylic acids is 3. The molecule has 1 aliphatic rings. The highest BCUT2D eigenvalue weighted by atomic mass is 79.9. The third-order valence-electron chi connectivity index (χ3n) is 5.35. The van der Waals surface area contributed by atoms with Crippen LogP contribution in [0.2, 0.25) is 0 Å². The number of carbonyl (C=O) groups is 3. The van der Waals surface area contributed by atoms with Crippen LogP contribution in [-0.4, -0.2) is 53.8 Å². The smallest absolute Gasteiger partial charge is 0.409 e. The maximum absolute atomic E-state index is 12.8. The highest BCUT2D eigenvalue weighted by molar-refractivity contribution is 9.10. The molecular weight excluding hydrogens is 524 g/mol. The van der Waals surface area contributed by atoms with Gasteiger partial charge in [-0.1, -0.05) is 29.8 Å². The predicted molar refractivity (Wildman–Crippen MR) is 128 cm³/mol. The van der Waals surface area contributed by atoms with Crippen LogP contribution < -0.4 is 15.8 Å². The Hall–Kier alpha value is -3.54. The zero-order chi connectivity index (χ0) is 25.1. The zero-order valence-corrected chi connectivity index (χ0v) is 20.8. The molecule has 3 amide bonds. The number of nitrogens with two attached hydrogens (primary N) is 1. The number of halogens is 1. The molecule has 0 aliphatic carbocycles. The number of ether oxygens (including phenoxy) is 2. The molecule has 0 radical (unpaired) electrons. The van der Waals surface area contributed by atoms with Gasteiger partial charge in [0.05, 0.1) is 12.7 Å². The van der Waals surface area contributed by atoms with Crippen molar-refractivity contribution in [3.05, 3.63) is 40.3 Å². The fourth-order valence-corrected chi connectivity index (χ4v) is 3.98. The number of fused-ring (bicyclic) bond motifs is 1. The van der Waals surface area contributed by atoms with E-state index in [1.165, 1.54) is 6.07 Å². The maximum atomic E-state index is 12.8. The molecule has 0 spiro atoms. The number of hydrogen-bond acceptors (Lipinski definition) is 8. The lowest BCUT2D eigenvalue weighted by Gasteiger charge is -2.31. The molecule has 0 saturated carbocycles. The van der Waals surface area contributed by atoms with Crippen LogP contribution in [0.1, 0.15) is 47.8 Å². The summed E-state index contributed by atoms with van der Waals surface area (Å²) in [5.74, 6) is -1.36. The molecule has 1 aliphatic heterocycles. The second-order valence-electron chi connectivity index (χ2n) is 8.57. The normalized spacial score (nSPS) is 14.3. The van der Waals surface area contributed by atoms with E-state index in [0.29, 0.717) is 43.5 Å². The summed E-state index contributed by atoms with van der Waals surface area (Å²) in [7, 11) is 0. The van der Waals surface area contributed by atoms with Gasteiger partial charge in [-0.2, -0.15) is 0 Å². The number of likely N-dealkylation sites (tertiary alicyclic amines) is 1. The van der Waals surface area contributed by atoms with Gasteiger partial charge < -0.3 is 34.4 Å². The van der Waals surface area contributed by atoms with E-state index in [2.05, 4.69) is 26.4 Å². The predicted octanol–water partition coefficient (Wildman–Crippen LogP) is 4.17. The molecule has 0 bridgehead atoms. The van der Waals surface area contributed by atoms with Crippen molar-refractivity contribution in [2.45, 2.75) is 32.8 Å². The van der Waals surface area contributed by atoms with E-state index in [4.69, 9.17) is 24.1 Å². The maximum Gasteiger partial charge on any atom is 0.409 e. The highest BCUT2D eigenvalue weighted by Crippen LogP contribution is 2.33. The lowest BCUT2D eigenvalue weighted by Crippen LogP contribution is -2.42. The summed E-state index contributed by atoms with van der Waals surface area (Å²) in [5.41, 5.74) is 5.93. The minimum atomic E-state index is -0.825. The summed E-state index contributed by atoms with van der Waals surface area (Å²) < 4.78 is 22.5. The Labute approximate surface area is 209 Å². The van der Waals surface area contributed by atoms with Gasteiger partial charge in [0.25, 0.3) is 17.7 Å². The Morgan fingerprint density at radius 2 is 2.00 bits per heavy atom. The van der Waals surface area contributed by atoms with Crippen LogP contribution in [0.15, 0.2) is 37.7 Å². The van der Waals surface area contributed by atoms with Crippen molar-refractivity contribution in [2.24, 2.45) is 11.7 Å². The summed E-state index contributed by atoms with van der Waals surface area (Å²) in [6.45, 7) is 5.32. The Bertz CT molecular complexity index is 1240. The SMILES string of the molecule is CC(C)COC(=O)N1CCC(Oc2cc(C(=O)Nc3c(C(N)=O)oc4ccc(Br)cc34)on2)CC1. The van der Waals surface area contributed by atoms with E-state index >= 15 is 0 Å². The molecule has 3 N–H and O–H groups in total. The molecule has 1 fully saturated rings. The van der Waals surface area contributed by atoms with Gasteiger partial charge in [0, 0.05) is 35.8 Å². The van der Waals surface area contributed by atoms with E-state index in [1.807, 2.05) is 13.8 Å². The number of nitrogens with one attached hydrogen (secondary N) is 1. The van der Waals surface area contributed by atoms with Gasteiger partial charge in [0.1, 0.15) is 17.4 Å². The van der Waals surface area contributed by atoms with E-state index in [0.717, 1.165) is 4.47 Å². The lowest BCUT2D eigenvalue weighted by atomic mass is 10.1. The number of primary amides is 1. The van der Waals surface area contributed by atoms with Crippen molar-refractivity contribution in [2.75, 3.05) is 25.0 Å². The first-order valence-electron chi connectivity index (χ1n) is 11.1. The topological polar surface area (TPSA) is 150 Å². The van der Waals surface area contributed by atoms with Gasteiger partial charge in [0.2, 0.25) is 11.5 Å². The van der Waals surface area contributed by atoms with Crippen molar-refractivity contribution in [1.29, 1.82) is 0 Å². The third kappa shape index (κ3) is 5.76. The van der Waals surface area contributed by atoms with Crippen molar-refractivity contribution in [1.82, 2.24) is 10.1 Å². The average Bonchev–Trinajstić information content (AvgIpc) is 3.43. The van der Waals surface area contributed by atoms with E-state index in [1.54, 1.807) is 23.1 Å². The number of furan rings is 1. The van der Waals surface area contributed by atoms with Crippen LogP contribution in [0.25, 0.3) is 11.0 Å². The summed E-state index contributed by atoms with van der Waals surface area (Å²) in [4.78, 5) is 38.4. The molecule has 1 aromatic carbocycles. The highest BCUT2D eigenvalue weighted by Gasteiger charge is 2.27. The molecule has 1 saturated heterocycles. The number of hydrogen-bond donors (Lipinski definition) is 2. The van der Waals surface area contributed by atoms with Crippen molar-refractivity contribution < 1.29 is 32.8 Å². The fraction of sp³-hybridized carbons (Fsp3) is 0.391. The summed E-state index contributed by atoms with van der Waals surface area (Å²) >= 11 is 3.36. The number of aromatic nitrogens is 1. The van der Waals surface area contributed by atoms with Crippen molar-refractivity contribution in [3.63, 3.8) is 0 Å². The van der Waals surface area contributed by atoms with Crippen LogP contribution >= 0.6 is 15.9 Å². The molecule has 2 aromatic heterocycles. The second-order valence-corrected chi connectivity index (χ2v) is 9.49. The minimum absolute atomic E-state index is 0.116. The molecule has 11 nitrogen and oxygen atoms in total. The summed E-state index contributed by atoms with van der Waals surface area (Å²) in [5, 5.41) is 6.92. The Morgan fingerprint density at radius 1 is 1.26 bits per heavy atom. The second kappa shape index (κ2) is 10.4. The number of benzene rings is 1. The third-order valence-corrected chi connectivity index (χ3v) is 5.85. The van der Waals surface area contributed by atoms with Crippen molar-refractivity contribution in [3.8, 4) is 5.88 Å². The quantitative estimate of drug-likeness (QED) is 0.446. The summed E-state index contributed by atoms with van der Waals surface area (Å²) in [6, 6.07) is 6.44. The number of piperidine rings is 1. The van der Waals surface area contributed by atoms with E-state index in [-0.39, 0.29) is 41.2 Å². The monoisotopic (exact) mass is 548 g/mol. The lowest BCUT2D eigenvalue weighted by molar-refractivity contribution is 0.0595. The van der Waals surface area contributed by atoms with Gasteiger partial charge in [-0.3, -0.25) is 9.59 Å². The van der Waals surface area contributed by atoms with E-state index < -0.39 is 11.8 Å². The fourth-order valence-electron chi connectivity index (χ4n) is 3.62. The minimum Gasteiger partial charge on any atom is -0.472 e. The van der Waals surface area contributed by atoms with Crippen LogP contribution in [0.4, 0.5) is 10.5 Å². The largest absolute Gasteiger partial charge is 0.472 e. The Kier molecular flexibility index (Phi) is 7.29. The van der Waals surface area contributed by atoms with Crippen LogP contribution in [0.3, 0.4) is 0 Å².